The predicted molar refractivity (Wildman–Crippen MR) is 142 cm³/mol. The number of aromatic hydroxyl groups is 2. The number of hydrogen-bond acceptors (Lipinski definition) is 6. The fraction of sp³-hybridized carbons (Fsp3) is 0.0690. The van der Waals surface area contributed by atoms with E-state index in [0.29, 0.717) is 0 Å². The average molecular weight is 481 g/mol. The third-order valence-electron chi connectivity index (χ3n) is 5.72. The number of fused-ring (bicyclic) bond motifs is 1. The Bertz CT molecular complexity index is 1380. The SMILES string of the molecule is COc1ccc(N/C=C2\C(c3ccc(O)cc3)=Nc3ccccc3SC2c2ccc(O)cc2)cc1. The topological polar surface area (TPSA) is 74.1 Å². The highest BCUT2D eigenvalue weighted by molar-refractivity contribution is 8.00. The minimum atomic E-state index is -0.0995. The summed E-state index contributed by atoms with van der Waals surface area (Å²) >= 11 is 1.71. The molecule has 0 spiro atoms. The molecule has 5 nitrogen and oxygen atoms in total. The molecule has 4 aromatic carbocycles. The monoisotopic (exact) mass is 480 g/mol. The molecule has 1 atom stereocenters. The number of anilines is 1. The number of ether oxygens (including phenoxy) is 1. The van der Waals surface area contributed by atoms with Crippen molar-refractivity contribution in [2.75, 3.05) is 12.4 Å². The molecule has 0 radical (unpaired) electrons. The Morgan fingerprint density at radius 3 is 2.17 bits per heavy atom. The third-order valence-corrected chi connectivity index (χ3v) is 7.08. The van der Waals surface area contributed by atoms with Gasteiger partial charge in [0.15, 0.2) is 0 Å². The smallest absolute Gasteiger partial charge is 0.119 e. The van der Waals surface area contributed by atoms with Gasteiger partial charge in [0, 0.05) is 27.9 Å². The van der Waals surface area contributed by atoms with Crippen LogP contribution in [0.1, 0.15) is 16.4 Å². The summed E-state index contributed by atoms with van der Waals surface area (Å²) in [6, 6.07) is 30.2. The Kier molecular flexibility index (Phi) is 6.46. The molecular formula is C29H24N2O3S. The van der Waals surface area contributed by atoms with Crippen molar-refractivity contribution in [3.63, 3.8) is 0 Å². The zero-order chi connectivity index (χ0) is 24.2. The second kappa shape index (κ2) is 9.99. The Morgan fingerprint density at radius 1 is 0.829 bits per heavy atom. The van der Waals surface area contributed by atoms with Crippen molar-refractivity contribution in [3.8, 4) is 17.2 Å². The van der Waals surface area contributed by atoms with Gasteiger partial charge in [-0.3, -0.25) is 0 Å². The van der Waals surface area contributed by atoms with E-state index in [9.17, 15) is 10.2 Å². The first kappa shape index (κ1) is 22.6. The fourth-order valence-electron chi connectivity index (χ4n) is 3.89. The van der Waals surface area contributed by atoms with Gasteiger partial charge < -0.3 is 20.3 Å². The fourth-order valence-corrected chi connectivity index (χ4v) is 5.13. The van der Waals surface area contributed by atoms with Crippen LogP contribution in [0.5, 0.6) is 17.2 Å². The molecule has 1 aliphatic heterocycles. The van der Waals surface area contributed by atoms with Gasteiger partial charge in [0.1, 0.15) is 17.2 Å². The quantitative estimate of drug-likeness (QED) is 0.285. The van der Waals surface area contributed by atoms with E-state index in [4.69, 9.17) is 9.73 Å². The summed E-state index contributed by atoms with van der Waals surface area (Å²) in [5.41, 5.74) is 5.52. The maximum absolute atomic E-state index is 9.89. The Balaban J connectivity index is 1.66. The standard InChI is InChI=1S/C29H24N2O3S/c1-34-24-16-10-21(11-17-24)30-18-25-28(19-6-12-22(32)13-7-19)31-26-4-2-3-5-27(26)35-29(25)20-8-14-23(33)15-9-20/h2-18,29-30,32-33H,1H3/b25-18+. The molecule has 0 aliphatic carbocycles. The van der Waals surface area contributed by atoms with Crippen molar-refractivity contribution in [1.29, 1.82) is 0 Å². The highest BCUT2D eigenvalue weighted by Crippen LogP contribution is 2.48. The summed E-state index contributed by atoms with van der Waals surface area (Å²) < 4.78 is 5.28. The van der Waals surface area contributed by atoms with Crippen LogP contribution in [-0.4, -0.2) is 23.0 Å². The Labute approximate surface area is 208 Å². The number of methoxy groups -OCH3 is 1. The molecule has 0 amide bonds. The Hall–Kier alpha value is -4.16. The number of hydrogen-bond donors (Lipinski definition) is 3. The van der Waals surface area contributed by atoms with Crippen LogP contribution < -0.4 is 10.1 Å². The van der Waals surface area contributed by atoms with Crippen LogP contribution in [0, 0.1) is 0 Å². The maximum atomic E-state index is 9.89. The lowest BCUT2D eigenvalue weighted by atomic mass is 9.95. The van der Waals surface area contributed by atoms with Crippen molar-refractivity contribution >= 4 is 28.8 Å². The van der Waals surface area contributed by atoms with E-state index in [1.807, 2.05) is 72.9 Å². The van der Waals surface area contributed by atoms with Gasteiger partial charge in [-0.15, -0.1) is 11.8 Å². The molecule has 0 bridgehead atoms. The number of rotatable bonds is 5. The van der Waals surface area contributed by atoms with E-state index < -0.39 is 0 Å². The van der Waals surface area contributed by atoms with Crippen LogP contribution in [-0.2, 0) is 0 Å². The van der Waals surface area contributed by atoms with Gasteiger partial charge in [-0.2, -0.15) is 0 Å². The molecule has 4 aromatic rings. The minimum Gasteiger partial charge on any atom is -0.508 e. The van der Waals surface area contributed by atoms with Crippen LogP contribution in [0.4, 0.5) is 11.4 Å². The molecule has 1 unspecified atom stereocenters. The molecule has 35 heavy (non-hydrogen) atoms. The highest BCUT2D eigenvalue weighted by Gasteiger charge is 2.28. The molecule has 6 heteroatoms. The number of para-hydroxylation sites is 1. The molecule has 1 aliphatic rings. The van der Waals surface area contributed by atoms with E-state index in [1.54, 1.807) is 43.1 Å². The summed E-state index contributed by atoms with van der Waals surface area (Å²) in [5, 5.41) is 23.1. The van der Waals surface area contributed by atoms with Gasteiger partial charge >= 0.3 is 0 Å². The zero-order valence-electron chi connectivity index (χ0n) is 19.1. The molecule has 0 saturated heterocycles. The van der Waals surface area contributed by atoms with Gasteiger partial charge in [-0.1, -0.05) is 24.3 Å². The van der Waals surface area contributed by atoms with Gasteiger partial charge in [0.25, 0.3) is 0 Å². The van der Waals surface area contributed by atoms with Crippen molar-refractivity contribution in [3.05, 3.63) is 120 Å². The minimum absolute atomic E-state index is 0.0995. The summed E-state index contributed by atoms with van der Waals surface area (Å²) in [4.78, 5) is 6.15. The number of nitrogens with one attached hydrogen (secondary N) is 1. The molecule has 0 fully saturated rings. The largest absolute Gasteiger partial charge is 0.508 e. The van der Waals surface area contributed by atoms with Crippen molar-refractivity contribution in [2.45, 2.75) is 10.1 Å². The normalized spacial score (nSPS) is 16.2. The molecule has 174 valence electrons. The summed E-state index contributed by atoms with van der Waals surface area (Å²) in [7, 11) is 1.65. The lowest BCUT2D eigenvalue weighted by Crippen LogP contribution is -2.12. The maximum Gasteiger partial charge on any atom is 0.119 e. The molecule has 5 rings (SSSR count). The van der Waals surface area contributed by atoms with Gasteiger partial charge in [0.2, 0.25) is 0 Å². The second-order valence-electron chi connectivity index (χ2n) is 8.04. The summed E-state index contributed by atoms with van der Waals surface area (Å²) in [6.45, 7) is 0. The third kappa shape index (κ3) is 5.03. The Morgan fingerprint density at radius 2 is 1.49 bits per heavy atom. The zero-order valence-corrected chi connectivity index (χ0v) is 19.9. The first-order valence-corrected chi connectivity index (χ1v) is 12.0. The number of nitrogens with zero attached hydrogens (tertiary/aromatic N) is 1. The van der Waals surface area contributed by atoms with Gasteiger partial charge in [-0.05, 0) is 78.4 Å². The molecule has 0 aromatic heterocycles. The van der Waals surface area contributed by atoms with E-state index in [0.717, 1.165) is 44.4 Å². The van der Waals surface area contributed by atoms with E-state index in [-0.39, 0.29) is 16.7 Å². The van der Waals surface area contributed by atoms with Crippen LogP contribution in [0.2, 0.25) is 0 Å². The number of phenols is 2. The molecular weight excluding hydrogens is 456 g/mol. The van der Waals surface area contributed by atoms with E-state index >= 15 is 0 Å². The van der Waals surface area contributed by atoms with Crippen molar-refractivity contribution < 1.29 is 14.9 Å². The van der Waals surface area contributed by atoms with Gasteiger partial charge in [-0.25, -0.2) is 4.99 Å². The van der Waals surface area contributed by atoms with E-state index in [1.165, 1.54) is 0 Å². The number of thioether (sulfide) groups is 1. The molecule has 0 saturated carbocycles. The lowest BCUT2D eigenvalue weighted by molar-refractivity contribution is 0.415. The van der Waals surface area contributed by atoms with Crippen LogP contribution in [0.25, 0.3) is 0 Å². The first-order valence-electron chi connectivity index (χ1n) is 11.1. The molecule has 1 heterocycles. The lowest BCUT2D eigenvalue weighted by Gasteiger charge is -2.21. The van der Waals surface area contributed by atoms with Crippen molar-refractivity contribution in [1.82, 2.24) is 0 Å². The number of phenolic OH excluding ortho intramolecular Hbond substituents is 2. The second-order valence-corrected chi connectivity index (χ2v) is 9.18. The van der Waals surface area contributed by atoms with Crippen molar-refractivity contribution in [2.24, 2.45) is 4.99 Å². The predicted octanol–water partition coefficient (Wildman–Crippen LogP) is 7.07. The number of aliphatic imine (C=N–C) groups is 1. The van der Waals surface area contributed by atoms with E-state index in [2.05, 4.69) is 11.4 Å². The summed E-state index contributed by atoms with van der Waals surface area (Å²) in [6.07, 6.45) is 1.99. The highest BCUT2D eigenvalue weighted by atomic mass is 32.2. The summed E-state index contributed by atoms with van der Waals surface area (Å²) in [5.74, 6) is 1.22. The average Bonchev–Trinajstić information content (AvgIpc) is 3.06. The van der Waals surface area contributed by atoms with Crippen LogP contribution in [0.3, 0.4) is 0 Å². The molecule has 3 N–H and O–H groups in total. The van der Waals surface area contributed by atoms with Crippen LogP contribution >= 0.6 is 11.8 Å². The van der Waals surface area contributed by atoms with Crippen LogP contribution in [0.15, 0.2) is 119 Å². The van der Waals surface area contributed by atoms with Gasteiger partial charge in [0.05, 0.1) is 23.8 Å². The first-order chi connectivity index (χ1) is 17.1. The number of benzene rings is 4.